The van der Waals surface area contributed by atoms with Gasteiger partial charge in [0.25, 0.3) is 5.91 Å². The zero-order valence-electron chi connectivity index (χ0n) is 16.0. The number of ether oxygens (including phenoxy) is 3. The lowest BCUT2D eigenvalue weighted by atomic mass is 10.2. The third-order valence-corrected chi connectivity index (χ3v) is 3.27. The molecule has 0 heterocycles. The van der Waals surface area contributed by atoms with Crippen molar-refractivity contribution in [2.75, 3.05) is 20.3 Å². The van der Waals surface area contributed by atoms with Crippen molar-refractivity contribution in [2.45, 2.75) is 33.3 Å². The number of amides is 3. The fourth-order valence-corrected chi connectivity index (χ4v) is 1.94. The third kappa shape index (κ3) is 7.81. The van der Waals surface area contributed by atoms with Crippen LogP contribution in [-0.4, -0.2) is 44.3 Å². The molecule has 0 aliphatic heterocycles. The molecule has 8 heteroatoms. The van der Waals surface area contributed by atoms with Crippen molar-refractivity contribution in [2.24, 2.45) is 0 Å². The molecule has 2 N–H and O–H groups in total. The van der Waals surface area contributed by atoms with Crippen LogP contribution < -0.4 is 20.1 Å². The van der Waals surface area contributed by atoms with E-state index in [4.69, 9.17) is 14.2 Å². The van der Waals surface area contributed by atoms with Crippen LogP contribution >= 0.6 is 0 Å². The van der Waals surface area contributed by atoms with Gasteiger partial charge in [0.05, 0.1) is 13.2 Å². The second-order valence-electron chi connectivity index (χ2n) is 5.47. The first-order valence-corrected chi connectivity index (χ1v) is 8.72. The highest BCUT2D eigenvalue weighted by Crippen LogP contribution is 2.29. The average Bonchev–Trinajstić information content (AvgIpc) is 2.65. The minimum atomic E-state index is -1.11. The maximum absolute atomic E-state index is 11.9. The van der Waals surface area contributed by atoms with Crippen LogP contribution in [0.4, 0.5) is 4.79 Å². The van der Waals surface area contributed by atoms with Crippen LogP contribution in [0, 0.1) is 0 Å². The first kappa shape index (κ1) is 22.0. The van der Waals surface area contributed by atoms with E-state index in [0.29, 0.717) is 30.3 Å². The molecule has 1 aromatic rings. The molecule has 1 aromatic carbocycles. The molecule has 0 spiro atoms. The second-order valence-corrected chi connectivity index (χ2v) is 5.47. The molecule has 0 aliphatic rings. The first-order chi connectivity index (χ1) is 12.9. The number of esters is 1. The van der Waals surface area contributed by atoms with Gasteiger partial charge in [-0.3, -0.25) is 10.1 Å². The number of carbonyl (C=O) groups is 3. The number of hydrogen-bond acceptors (Lipinski definition) is 6. The Morgan fingerprint density at radius 2 is 1.89 bits per heavy atom. The van der Waals surface area contributed by atoms with Gasteiger partial charge in [0.2, 0.25) is 0 Å². The molecule has 0 fully saturated rings. The molecule has 27 heavy (non-hydrogen) atoms. The van der Waals surface area contributed by atoms with E-state index in [1.54, 1.807) is 18.2 Å². The predicted molar refractivity (Wildman–Crippen MR) is 101 cm³/mol. The molecule has 0 saturated carbocycles. The van der Waals surface area contributed by atoms with Gasteiger partial charge in [-0.1, -0.05) is 13.0 Å². The van der Waals surface area contributed by atoms with Gasteiger partial charge >= 0.3 is 12.0 Å². The van der Waals surface area contributed by atoms with Crippen molar-refractivity contribution in [3.8, 4) is 11.5 Å². The van der Waals surface area contributed by atoms with E-state index in [9.17, 15) is 14.4 Å². The highest BCUT2D eigenvalue weighted by atomic mass is 16.5. The Bertz CT molecular complexity index is 687. The van der Waals surface area contributed by atoms with Crippen molar-refractivity contribution in [3.63, 3.8) is 0 Å². The van der Waals surface area contributed by atoms with Crippen LogP contribution in [0.5, 0.6) is 11.5 Å². The number of hydrogen-bond donors (Lipinski definition) is 2. The Kier molecular flexibility index (Phi) is 9.42. The Morgan fingerprint density at radius 3 is 2.52 bits per heavy atom. The molecule has 148 valence electrons. The van der Waals surface area contributed by atoms with E-state index in [1.165, 1.54) is 26.1 Å². The quantitative estimate of drug-likeness (QED) is 0.505. The van der Waals surface area contributed by atoms with Crippen molar-refractivity contribution in [1.29, 1.82) is 0 Å². The van der Waals surface area contributed by atoms with Crippen molar-refractivity contribution < 1.29 is 28.6 Å². The molecule has 0 radical (unpaired) electrons. The van der Waals surface area contributed by atoms with Crippen LogP contribution in [0.25, 0.3) is 6.08 Å². The summed E-state index contributed by atoms with van der Waals surface area (Å²) in [7, 11) is 1.37. The average molecular weight is 378 g/mol. The van der Waals surface area contributed by atoms with E-state index in [2.05, 4.69) is 5.32 Å². The summed E-state index contributed by atoms with van der Waals surface area (Å²) in [6.07, 6.45) is 2.51. The van der Waals surface area contributed by atoms with Gasteiger partial charge in [-0.15, -0.1) is 0 Å². The molecule has 0 aromatic heterocycles. The number of nitrogens with one attached hydrogen (secondary N) is 2. The summed E-state index contributed by atoms with van der Waals surface area (Å²) in [6.45, 7) is 6.32. The Morgan fingerprint density at radius 1 is 1.15 bits per heavy atom. The molecular formula is C19H26N2O6. The smallest absolute Gasteiger partial charge is 0.331 e. The van der Waals surface area contributed by atoms with Gasteiger partial charge in [0.15, 0.2) is 17.6 Å². The SMILES string of the molecule is CCCOc1ccc(/C=C/C(=O)O[C@H](C)C(=O)NC(=O)NC)cc1OCC. The zero-order chi connectivity index (χ0) is 20.2. The van der Waals surface area contributed by atoms with Crippen LogP contribution in [0.2, 0.25) is 0 Å². The predicted octanol–water partition coefficient (Wildman–Crippen LogP) is 2.27. The fourth-order valence-electron chi connectivity index (χ4n) is 1.94. The van der Waals surface area contributed by atoms with Crippen molar-refractivity contribution in [3.05, 3.63) is 29.8 Å². The number of carbonyl (C=O) groups excluding carboxylic acids is 3. The highest BCUT2D eigenvalue weighted by molar-refractivity contribution is 5.97. The summed E-state index contributed by atoms with van der Waals surface area (Å²) >= 11 is 0. The minimum absolute atomic E-state index is 0.482. The van der Waals surface area contributed by atoms with Gasteiger partial charge in [0, 0.05) is 13.1 Å². The lowest BCUT2D eigenvalue weighted by Crippen LogP contribution is -2.43. The fraction of sp³-hybridized carbons (Fsp3) is 0.421. The maximum atomic E-state index is 11.9. The summed E-state index contributed by atoms with van der Waals surface area (Å²) in [5.74, 6) is -0.205. The Hall–Kier alpha value is -3.03. The number of rotatable bonds is 9. The molecule has 3 amide bonds. The molecule has 1 rings (SSSR count). The van der Waals surface area contributed by atoms with E-state index < -0.39 is 24.0 Å². The lowest BCUT2D eigenvalue weighted by Gasteiger charge is -2.12. The number of imide groups is 1. The van der Waals surface area contributed by atoms with Crippen LogP contribution in [-0.2, 0) is 14.3 Å². The summed E-state index contributed by atoms with van der Waals surface area (Å²) in [5.41, 5.74) is 0.710. The molecule has 0 unspecified atom stereocenters. The largest absolute Gasteiger partial charge is 0.490 e. The van der Waals surface area contributed by atoms with Gasteiger partial charge in [-0.25, -0.2) is 9.59 Å². The van der Waals surface area contributed by atoms with Crippen LogP contribution in [0.1, 0.15) is 32.8 Å². The van der Waals surface area contributed by atoms with Crippen molar-refractivity contribution in [1.82, 2.24) is 10.6 Å². The van der Waals surface area contributed by atoms with Gasteiger partial charge in [-0.2, -0.15) is 0 Å². The van der Waals surface area contributed by atoms with E-state index in [-0.39, 0.29) is 0 Å². The molecular weight excluding hydrogens is 352 g/mol. The molecule has 0 bridgehead atoms. The Balaban J connectivity index is 2.71. The van der Waals surface area contributed by atoms with Gasteiger partial charge in [-0.05, 0) is 44.0 Å². The summed E-state index contributed by atoms with van der Waals surface area (Å²) in [5, 5.41) is 4.27. The standard InChI is InChI=1S/C19H26N2O6/c1-5-11-26-15-9-7-14(12-16(15)25-6-2)8-10-17(22)27-13(3)18(23)21-19(24)20-4/h7-10,12-13H,5-6,11H2,1-4H3,(H2,20,21,23,24)/b10-8+/t13-/m1/s1. The van der Waals surface area contributed by atoms with E-state index in [1.807, 2.05) is 19.2 Å². The molecule has 1 atom stereocenters. The van der Waals surface area contributed by atoms with Crippen molar-refractivity contribution >= 4 is 24.0 Å². The summed E-state index contributed by atoms with van der Waals surface area (Å²) in [4.78, 5) is 34.6. The lowest BCUT2D eigenvalue weighted by molar-refractivity contribution is -0.149. The van der Waals surface area contributed by atoms with E-state index in [0.717, 1.165) is 6.42 Å². The zero-order valence-corrected chi connectivity index (χ0v) is 16.0. The highest BCUT2D eigenvalue weighted by Gasteiger charge is 2.18. The number of urea groups is 1. The van der Waals surface area contributed by atoms with E-state index >= 15 is 0 Å². The minimum Gasteiger partial charge on any atom is -0.490 e. The molecule has 0 aliphatic carbocycles. The summed E-state index contributed by atoms with van der Waals surface area (Å²) in [6, 6.07) is 4.62. The maximum Gasteiger partial charge on any atom is 0.331 e. The second kappa shape index (κ2) is 11.6. The molecule has 0 saturated heterocycles. The van der Waals surface area contributed by atoms with Crippen LogP contribution in [0.15, 0.2) is 24.3 Å². The summed E-state index contributed by atoms with van der Waals surface area (Å²) < 4.78 is 16.1. The van der Waals surface area contributed by atoms with Gasteiger partial charge < -0.3 is 19.5 Å². The normalized spacial score (nSPS) is 11.6. The first-order valence-electron chi connectivity index (χ1n) is 8.72. The third-order valence-electron chi connectivity index (χ3n) is 3.27. The van der Waals surface area contributed by atoms with Gasteiger partial charge in [0.1, 0.15) is 0 Å². The monoisotopic (exact) mass is 378 g/mol. The topological polar surface area (TPSA) is 103 Å². The Labute approximate surface area is 158 Å². The van der Waals surface area contributed by atoms with Crippen LogP contribution in [0.3, 0.4) is 0 Å². The molecule has 8 nitrogen and oxygen atoms in total. The number of benzene rings is 1.